The molecule has 1 aliphatic rings. The molecule has 0 saturated carbocycles. The molecule has 0 bridgehead atoms. The van der Waals surface area contributed by atoms with Gasteiger partial charge < -0.3 is 10.1 Å². The average molecular weight is 334 g/mol. The number of nitrogens with one attached hydrogen (secondary N) is 1. The molecule has 2 aromatic carbocycles. The lowest BCUT2D eigenvalue weighted by molar-refractivity contribution is 0.0955. The van der Waals surface area contributed by atoms with Crippen LogP contribution < -0.4 is 5.32 Å². The predicted octanol–water partition coefficient (Wildman–Crippen LogP) is 4.43. The van der Waals surface area contributed by atoms with E-state index in [1.54, 1.807) is 0 Å². The van der Waals surface area contributed by atoms with Crippen molar-refractivity contribution >= 4 is 26.7 Å². The molecule has 0 aliphatic carbocycles. The van der Waals surface area contributed by atoms with Crippen LogP contribution in [0.4, 0.5) is 0 Å². The van der Waals surface area contributed by atoms with Gasteiger partial charge in [-0.05, 0) is 48.7 Å². The minimum Gasteiger partial charge on any atom is -0.378 e. The predicted molar refractivity (Wildman–Crippen MR) is 87.0 cm³/mol. The van der Waals surface area contributed by atoms with Crippen LogP contribution >= 0.6 is 15.9 Å². The zero-order valence-corrected chi connectivity index (χ0v) is 13.3. The van der Waals surface area contributed by atoms with E-state index in [4.69, 9.17) is 4.74 Å². The first kappa shape index (κ1) is 14.1. The summed E-state index contributed by atoms with van der Waals surface area (Å²) in [5.74, 6) is 0. The number of halogens is 1. The van der Waals surface area contributed by atoms with E-state index in [2.05, 4.69) is 57.6 Å². The Hall–Kier alpha value is -0.900. The molecule has 106 valence electrons. The smallest absolute Gasteiger partial charge is 0.0594 e. The van der Waals surface area contributed by atoms with Crippen LogP contribution in [-0.2, 0) is 4.74 Å². The van der Waals surface area contributed by atoms with E-state index in [1.165, 1.54) is 29.2 Å². The van der Waals surface area contributed by atoms with Crippen LogP contribution in [0.15, 0.2) is 40.9 Å². The minimum atomic E-state index is 0.344. The van der Waals surface area contributed by atoms with Crippen molar-refractivity contribution in [2.24, 2.45) is 0 Å². The summed E-state index contributed by atoms with van der Waals surface area (Å²) in [6, 6.07) is 13.3. The lowest BCUT2D eigenvalue weighted by Gasteiger charge is -2.22. The van der Waals surface area contributed by atoms with Crippen molar-refractivity contribution in [2.45, 2.75) is 31.4 Å². The topological polar surface area (TPSA) is 21.3 Å². The van der Waals surface area contributed by atoms with Gasteiger partial charge in [-0.15, -0.1) is 0 Å². The number of hydrogen-bond donors (Lipinski definition) is 1. The molecular weight excluding hydrogens is 314 g/mol. The van der Waals surface area contributed by atoms with Crippen molar-refractivity contribution in [1.29, 1.82) is 0 Å². The summed E-state index contributed by atoms with van der Waals surface area (Å²) < 4.78 is 6.95. The highest BCUT2D eigenvalue weighted by Gasteiger charge is 2.22. The normalized spacial score (nSPS) is 20.4. The molecule has 1 fully saturated rings. The second kappa shape index (κ2) is 6.25. The first-order valence-electron chi connectivity index (χ1n) is 7.25. The van der Waals surface area contributed by atoms with E-state index in [0.717, 1.165) is 17.5 Å². The molecule has 0 amide bonds. The van der Waals surface area contributed by atoms with E-state index >= 15 is 0 Å². The van der Waals surface area contributed by atoms with Gasteiger partial charge in [-0.1, -0.05) is 46.3 Å². The second-order valence-electron chi connectivity index (χ2n) is 5.39. The summed E-state index contributed by atoms with van der Waals surface area (Å²) >= 11 is 3.65. The van der Waals surface area contributed by atoms with E-state index in [1.807, 2.05) is 7.05 Å². The molecule has 1 heterocycles. The summed E-state index contributed by atoms with van der Waals surface area (Å²) in [6.07, 6.45) is 3.83. The Morgan fingerprint density at radius 2 is 2.05 bits per heavy atom. The van der Waals surface area contributed by atoms with Crippen molar-refractivity contribution in [2.75, 3.05) is 13.7 Å². The quantitative estimate of drug-likeness (QED) is 0.893. The molecule has 1 N–H and O–H groups in total. The first-order chi connectivity index (χ1) is 9.79. The molecule has 2 atom stereocenters. The maximum Gasteiger partial charge on any atom is 0.0594 e. The Kier molecular flexibility index (Phi) is 4.39. The molecule has 0 spiro atoms. The molecule has 0 radical (unpaired) electrons. The van der Waals surface area contributed by atoms with Crippen molar-refractivity contribution in [3.05, 3.63) is 46.4 Å². The summed E-state index contributed by atoms with van der Waals surface area (Å²) in [4.78, 5) is 0. The molecule has 20 heavy (non-hydrogen) atoms. The summed E-state index contributed by atoms with van der Waals surface area (Å²) in [5, 5.41) is 6.06. The first-order valence-corrected chi connectivity index (χ1v) is 8.05. The molecule has 1 aliphatic heterocycles. The molecule has 0 aromatic heterocycles. The van der Waals surface area contributed by atoms with E-state index in [-0.39, 0.29) is 0 Å². The number of ether oxygens (including phenoxy) is 1. The third kappa shape index (κ3) is 2.76. The van der Waals surface area contributed by atoms with Gasteiger partial charge in [0.15, 0.2) is 0 Å². The maximum absolute atomic E-state index is 5.79. The van der Waals surface area contributed by atoms with E-state index in [0.29, 0.717) is 12.1 Å². The molecule has 3 rings (SSSR count). The zero-order chi connectivity index (χ0) is 13.9. The highest BCUT2D eigenvalue weighted by atomic mass is 79.9. The fourth-order valence-corrected chi connectivity index (χ4v) is 3.56. The number of benzene rings is 2. The Morgan fingerprint density at radius 3 is 2.75 bits per heavy atom. The summed E-state index contributed by atoms with van der Waals surface area (Å²) in [7, 11) is 2.04. The molecule has 3 heteroatoms. The lowest BCUT2D eigenvalue weighted by Crippen LogP contribution is -2.22. The fourth-order valence-electron chi connectivity index (χ4n) is 3.08. The van der Waals surface area contributed by atoms with Gasteiger partial charge >= 0.3 is 0 Å². The Labute approximate surface area is 128 Å². The highest BCUT2D eigenvalue weighted by molar-refractivity contribution is 9.10. The third-order valence-electron chi connectivity index (χ3n) is 4.15. The van der Waals surface area contributed by atoms with Gasteiger partial charge in [-0.25, -0.2) is 0 Å². The highest BCUT2D eigenvalue weighted by Crippen LogP contribution is 2.33. The molecule has 2 nitrogen and oxygen atoms in total. The van der Waals surface area contributed by atoms with Crippen molar-refractivity contribution < 1.29 is 4.74 Å². The largest absolute Gasteiger partial charge is 0.378 e. The van der Waals surface area contributed by atoms with Gasteiger partial charge in [0, 0.05) is 17.1 Å². The number of rotatable bonds is 4. The van der Waals surface area contributed by atoms with Crippen LogP contribution in [0.25, 0.3) is 10.8 Å². The second-order valence-corrected chi connectivity index (χ2v) is 6.25. The van der Waals surface area contributed by atoms with Gasteiger partial charge in [0.1, 0.15) is 0 Å². The zero-order valence-electron chi connectivity index (χ0n) is 11.7. The van der Waals surface area contributed by atoms with Crippen LogP contribution in [0.3, 0.4) is 0 Å². The van der Waals surface area contributed by atoms with Gasteiger partial charge in [-0.2, -0.15) is 0 Å². The van der Waals surface area contributed by atoms with E-state index in [9.17, 15) is 0 Å². The Morgan fingerprint density at radius 1 is 1.25 bits per heavy atom. The maximum atomic E-state index is 5.79. The van der Waals surface area contributed by atoms with Gasteiger partial charge in [0.2, 0.25) is 0 Å². The van der Waals surface area contributed by atoms with E-state index < -0.39 is 0 Å². The van der Waals surface area contributed by atoms with Gasteiger partial charge in [0.05, 0.1) is 6.10 Å². The van der Waals surface area contributed by atoms with Crippen LogP contribution in [0, 0.1) is 0 Å². The molecule has 2 aromatic rings. The standard InChI is InChI=1S/C17H20BrNO/c1-19-17(11-12-5-4-10-20-12)15-8-9-16(18)14-7-3-2-6-13(14)15/h2-3,6-9,12,17,19H,4-5,10-11H2,1H3. The lowest BCUT2D eigenvalue weighted by atomic mass is 9.94. The Balaban J connectivity index is 1.96. The van der Waals surface area contributed by atoms with Gasteiger partial charge in [-0.3, -0.25) is 0 Å². The van der Waals surface area contributed by atoms with Crippen molar-refractivity contribution in [1.82, 2.24) is 5.32 Å². The summed E-state index contributed by atoms with van der Waals surface area (Å²) in [5.41, 5.74) is 1.36. The fraction of sp³-hybridized carbons (Fsp3) is 0.412. The molecule has 2 unspecified atom stereocenters. The van der Waals surface area contributed by atoms with Crippen LogP contribution in [0.1, 0.15) is 30.9 Å². The number of hydrogen-bond acceptors (Lipinski definition) is 2. The average Bonchev–Trinajstić information content (AvgIpc) is 2.99. The van der Waals surface area contributed by atoms with Crippen LogP contribution in [-0.4, -0.2) is 19.8 Å². The SMILES string of the molecule is CNC(CC1CCCO1)c1ccc(Br)c2ccccc12. The van der Waals surface area contributed by atoms with Gasteiger partial charge in [0.25, 0.3) is 0 Å². The monoisotopic (exact) mass is 333 g/mol. The van der Waals surface area contributed by atoms with Crippen LogP contribution in [0.2, 0.25) is 0 Å². The number of fused-ring (bicyclic) bond motifs is 1. The molecular formula is C17H20BrNO. The van der Waals surface area contributed by atoms with Crippen LogP contribution in [0.5, 0.6) is 0 Å². The molecule has 1 saturated heterocycles. The summed E-state index contributed by atoms with van der Waals surface area (Å²) in [6.45, 7) is 0.919. The van der Waals surface area contributed by atoms with Crippen molar-refractivity contribution in [3.8, 4) is 0 Å². The third-order valence-corrected chi connectivity index (χ3v) is 4.84. The van der Waals surface area contributed by atoms with Crippen molar-refractivity contribution in [3.63, 3.8) is 0 Å². The Bertz CT molecular complexity index is 593. The minimum absolute atomic E-state index is 0.344.